The Bertz CT molecular complexity index is 1300. The van der Waals surface area contributed by atoms with Crippen LogP contribution in [0.1, 0.15) is 34.6 Å². The summed E-state index contributed by atoms with van der Waals surface area (Å²) in [4.78, 5) is 13.0. The molecule has 4 aromatic carbocycles. The number of nitrogens with one attached hydrogen (secondary N) is 1. The fraction of sp³-hybridized carbons (Fsp3) is 0.242. The molecule has 194 valence electrons. The monoisotopic (exact) mass is 506 g/mol. The molecular weight excluding hydrogens is 472 g/mol. The number of nitrogens with two attached hydrogens (primary N) is 1. The number of alkyl carbamates (subject to hydrolysis) is 1. The van der Waals surface area contributed by atoms with Crippen LogP contribution in [0, 0.1) is 0 Å². The van der Waals surface area contributed by atoms with E-state index in [-0.39, 0.29) is 18.6 Å². The number of fused-ring (bicyclic) bond motifs is 3. The zero-order valence-corrected chi connectivity index (χ0v) is 21.4. The highest BCUT2D eigenvalue weighted by atomic mass is 16.5. The average Bonchev–Trinajstić information content (AvgIpc) is 3.26. The lowest BCUT2D eigenvalue weighted by Gasteiger charge is -2.26. The third kappa shape index (κ3) is 6.13. The Morgan fingerprint density at radius 3 is 1.84 bits per heavy atom. The van der Waals surface area contributed by atoms with Crippen molar-refractivity contribution in [2.45, 2.75) is 43.4 Å². The van der Waals surface area contributed by atoms with Gasteiger partial charge in [0.15, 0.2) is 0 Å². The van der Waals surface area contributed by atoms with Gasteiger partial charge >= 0.3 is 6.09 Å². The molecule has 1 amide bonds. The van der Waals surface area contributed by atoms with Gasteiger partial charge in [0, 0.05) is 12.0 Å². The van der Waals surface area contributed by atoms with Gasteiger partial charge in [-0.05, 0) is 52.6 Å². The van der Waals surface area contributed by atoms with Gasteiger partial charge in [-0.1, -0.05) is 109 Å². The normalized spacial score (nSPS) is 14.7. The van der Waals surface area contributed by atoms with Crippen LogP contribution in [0.5, 0.6) is 0 Å². The van der Waals surface area contributed by atoms with Gasteiger partial charge in [0.05, 0.1) is 12.1 Å². The highest BCUT2D eigenvalue weighted by Gasteiger charge is 2.30. The molecule has 4 N–H and O–H groups in total. The van der Waals surface area contributed by atoms with Crippen molar-refractivity contribution in [3.63, 3.8) is 0 Å². The van der Waals surface area contributed by atoms with E-state index in [1.54, 1.807) is 0 Å². The topological polar surface area (TPSA) is 84.6 Å². The number of carbonyl (C=O) groups is 1. The second-order valence-corrected chi connectivity index (χ2v) is 10.0. The smallest absolute Gasteiger partial charge is 0.407 e. The number of aliphatic hydroxyl groups excluding tert-OH is 1. The van der Waals surface area contributed by atoms with E-state index in [0.29, 0.717) is 19.3 Å². The van der Waals surface area contributed by atoms with E-state index < -0.39 is 18.2 Å². The summed E-state index contributed by atoms with van der Waals surface area (Å²) in [5.41, 5.74) is 13.2. The molecule has 0 saturated carbocycles. The van der Waals surface area contributed by atoms with E-state index >= 15 is 0 Å². The summed E-state index contributed by atoms with van der Waals surface area (Å²) < 4.78 is 5.77. The Labute approximate surface area is 224 Å². The van der Waals surface area contributed by atoms with E-state index in [1.807, 2.05) is 84.9 Å². The summed E-state index contributed by atoms with van der Waals surface area (Å²) in [6, 6.07) is 35.6. The molecule has 1 aliphatic rings. The van der Waals surface area contributed by atoms with Crippen molar-refractivity contribution in [1.29, 1.82) is 0 Å². The lowest BCUT2D eigenvalue weighted by molar-refractivity contribution is 0.0936. The van der Waals surface area contributed by atoms with Crippen LogP contribution in [0.2, 0.25) is 0 Å². The first kappa shape index (κ1) is 25.7. The molecule has 0 spiro atoms. The van der Waals surface area contributed by atoms with Gasteiger partial charge in [0.2, 0.25) is 0 Å². The molecule has 0 heterocycles. The van der Waals surface area contributed by atoms with E-state index in [9.17, 15) is 9.90 Å². The van der Waals surface area contributed by atoms with Crippen LogP contribution in [0.3, 0.4) is 0 Å². The van der Waals surface area contributed by atoms with E-state index in [1.165, 1.54) is 11.1 Å². The first-order valence-electron chi connectivity index (χ1n) is 13.2. The maximum absolute atomic E-state index is 13.0. The first-order chi connectivity index (χ1) is 18.6. The molecule has 0 fully saturated rings. The highest BCUT2D eigenvalue weighted by molar-refractivity contribution is 5.79. The predicted molar refractivity (Wildman–Crippen MR) is 151 cm³/mol. The van der Waals surface area contributed by atoms with Crippen LogP contribution in [0.4, 0.5) is 4.79 Å². The van der Waals surface area contributed by atoms with Gasteiger partial charge in [-0.3, -0.25) is 0 Å². The van der Waals surface area contributed by atoms with E-state index in [2.05, 4.69) is 29.6 Å². The Balaban J connectivity index is 1.25. The van der Waals surface area contributed by atoms with Crippen LogP contribution >= 0.6 is 0 Å². The van der Waals surface area contributed by atoms with Crippen molar-refractivity contribution in [1.82, 2.24) is 5.32 Å². The van der Waals surface area contributed by atoms with Gasteiger partial charge in [0.1, 0.15) is 6.61 Å². The molecular formula is C33H34N2O3. The van der Waals surface area contributed by atoms with Crippen LogP contribution in [-0.4, -0.2) is 36.0 Å². The molecule has 3 atom stereocenters. The quantitative estimate of drug-likeness (QED) is 0.267. The van der Waals surface area contributed by atoms with Crippen LogP contribution in [0.15, 0.2) is 109 Å². The Kier molecular flexibility index (Phi) is 8.17. The molecule has 0 bridgehead atoms. The number of amides is 1. The van der Waals surface area contributed by atoms with Gasteiger partial charge in [-0.2, -0.15) is 0 Å². The molecule has 4 aromatic rings. The number of ether oxygens (including phenoxy) is 1. The zero-order valence-electron chi connectivity index (χ0n) is 21.4. The van der Waals surface area contributed by atoms with Crippen molar-refractivity contribution in [3.8, 4) is 11.1 Å². The molecule has 0 aliphatic heterocycles. The van der Waals surface area contributed by atoms with E-state index in [0.717, 1.165) is 22.3 Å². The summed E-state index contributed by atoms with van der Waals surface area (Å²) in [6.07, 6.45) is 0.124. The molecule has 5 rings (SSSR count). The summed E-state index contributed by atoms with van der Waals surface area (Å²) in [6.45, 7) is 0.224. The SMILES string of the molecule is N[C@@H](Cc1ccccc1)C[C@H](O)[C@H](Cc1ccccc1)NC(=O)OCC1c2ccccc2-c2ccccc21. The summed E-state index contributed by atoms with van der Waals surface area (Å²) in [7, 11) is 0. The summed E-state index contributed by atoms with van der Waals surface area (Å²) in [5, 5.41) is 14.1. The van der Waals surface area contributed by atoms with E-state index in [4.69, 9.17) is 10.5 Å². The second-order valence-electron chi connectivity index (χ2n) is 10.0. The number of rotatable bonds is 10. The van der Waals surface area contributed by atoms with Crippen molar-refractivity contribution in [2.75, 3.05) is 6.61 Å². The number of aliphatic hydroxyl groups is 1. The van der Waals surface area contributed by atoms with Crippen molar-refractivity contribution in [3.05, 3.63) is 131 Å². The van der Waals surface area contributed by atoms with Crippen LogP contribution in [-0.2, 0) is 17.6 Å². The minimum atomic E-state index is -0.825. The third-order valence-corrected chi connectivity index (χ3v) is 7.29. The minimum absolute atomic E-state index is 0.0232. The maximum atomic E-state index is 13.0. The van der Waals surface area contributed by atoms with Gasteiger partial charge in [0.25, 0.3) is 0 Å². The number of benzene rings is 4. The molecule has 0 saturated heterocycles. The minimum Gasteiger partial charge on any atom is -0.449 e. The molecule has 5 nitrogen and oxygen atoms in total. The molecule has 0 radical (unpaired) electrons. The molecule has 0 aromatic heterocycles. The molecule has 38 heavy (non-hydrogen) atoms. The largest absolute Gasteiger partial charge is 0.449 e. The fourth-order valence-electron chi connectivity index (χ4n) is 5.42. The van der Waals surface area contributed by atoms with Crippen molar-refractivity contribution < 1.29 is 14.6 Å². The Hall–Kier alpha value is -3.93. The second kappa shape index (κ2) is 12.1. The van der Waals surface area contributed by atoms with Crippen molar-refractivity contribution in [2.24, 2.45) is 5.73 Å². The maximum Gasteiger partial charge on any atom is 0.407 e. The lowest BCUT2D eigenvalue weighted by atomic mass is 9.94. The Morgan fingerprint density at radius 2 is 1.26 bits per heavy atom. The third-order valence-electron chi connectivity index (χ3n) is 7.29. The standard InChI is InChI=1S/C33H34N2O3/c34-25(19-23-11-3-1-4-12-23)21-32(36)31(20-24-13-5-2-6-14-24)35-33(37)38-22-30-28-17-9-7-15-26(28)27-16-8-10-18-29(27)30/h1-18,25,30-32,36H,19-22,34H2,(H,35,37)/t25-,31-,32-/m0/s1. The molecule has 0 unspecified atom stereocenters. The van der Waals surface area contributed by atoms with Crippen LogP contribution in [0.25, 0.3) is 11.1 Å². The van der Waals surface area contributed by atoms with Crippen LogP contribution < -0.4 is 11.1 Å². The summed E-state index contributed by atoms with van der Waals surface area (Å²) >= 11 is 0. The highest BCUT2D eigenvalue weighted by Crippen LogP contribution is 2.44. The summed E-state index contributed by atoms with van der Waals surface area (Å²) in [5.74, 6) is -0.0232. The number of carbonyl (C=O) groups excluding carboxylic acids is 1. The molecule has 5 heteroatoms. The van der Waals surface area contributed by atoms with Crippen molar-refractivity contribution >= 4 is 6.09 Å². The fourth-order valence-corrected chi connectivity index (χ4v) is 5.42. The predicted octanol–water partition coefficient (Wildman–Crippen LogP) is 5.46. The average molecular weight is 507 g/mol. The van der Waals surface area contributed by atoms with Gasteiger partial charge in [-0.25, -0.2) is 4.79 Å². The van der Waals surface area contributed by atoms with Gasteiger partial charge < -0.3 is 20.9 Å². The number of hydrogen-bond acceptors (Lipinski definition) is 4. The molecule has 1 aliphatic carbocycles. The van der Waals surface area contributed by atoms with Gasteiger partial charge in [-0.15, -0.1) is 0 Å². The lowest BCUT2D eigenvalue weighted by Crippen LogP contribution is -2.47. The first-order valence-corrected chi connectivity index (χ1v) is 13.2. The number of hydrogen-bond donors (Lipinski definition) is 3. The zero-order chi connectivity index (χ0) is 26.3. The Morgan fingerprint density at radius 1 is 0.763 bits per heavy atom.